The molecule has 0 saturated heterocycles. The van der Waals surface area contributed by atoms with Gasteiger partial charge in [-0.05, 0) is 18.2 Å². The van der Waals surface area contributed by atoms with E-state index in [0.29, 0.717) is 5.52 Å². The number of nitrogens with two attached hydrogens (primary N) is 1. The van der Waals surface area contributed by atoms with Crippen LogP contribution in [-0.4, -0.2) is 4.98 Å². The van der Waals surface area contributed by atoms with E-state index in [2.05, 4.69) is 4.98 Å². The van der Waals surface area contributed by atoms with Gasteiger partial charge in [0.15, 0.2) is 5.58 Å². The molecule has 2 rings (SSSR count). The van der Waals surface area contributed by atoms with Gasteiger partial charge in [0.05, 0.1) is 5.56 Å². The maximum Gasteiger partial charge on any atom is 0.416 e. The third-order valence-corrected chi connectivity index (χ3v) is 1.73. The van der Waals surface area contributed by atoms with Crippen LogP contribution in [0.5, 0.6) is 0 Å². The van der Waals surface area contributed by atoms with Gasteiger partial charge in [0, 0.05) is 0 Å². The quantitative estimate of drug-likeness (QED) is 0.713. The van der Waals surface area contributed by atoms with Gasteiger partial charge in [-0.2, -0.15) is 18.2 Å². The lowest BCUT2D eigenvalue weighted by atomic mass is 10.2. The Bertz CT molecular complexity index is 475. The van der Waals surface area contributed by atoms with E-state index in [1.165, 1.54) is 6.07 Å². The van der Waals surface area contributed by atoms with Gasteiger partial charge < -0.3 is 10.2 Å². The van der Waals surface area contributed by atoms with Gasteiger partial charge in [-0.25, -0.2) is 0 Å². The molecule has 2 aromatic rings. The molecule has 1 aromatic carbocycles. The first kappa shape index (κ1) is 8.86. The van der Waals surface area contributed by atoms with E-state index in [1.54, 1.807) is 0 Å². The van der Waals surface area contributed by atoms with Crippen molar-refractivity contribution >= 4 is 17.1 Å². The highest BCUT2D eigenvalue weighted by molar-refractivity contribution is 5.75. The van der Waals surface area contributed by atoms with Crippen molar-refractivity contribution in [2.45, 2.75) is 6.18 Å². The Morgan fingerprint density at radius 3 is 2.64 bits per heavy atom. The molecule has 0 aliphatic carbocycles. The molecule has 0 saturated carbocycles. The number of oxazole rings is 1. The van der Waals surface area contributed by atoms with Crippen LogP contribution in [0, 0.1) is 0 Å². The Morgan fingerprint density at radius 2 is 2.00 bits per heavy atom. The van der Waals surface area contributed by atoms with Crippen LogP contribution in [0.25, 0.3) is 11.1 Å². The summed E-state index contributed by atoms with van der Waals surface area (Å²) in [6, 6.07) is 2.89. The van der Waals surface area contributed by atoms with E-state index in [4.69, 9.17) is 10.2 Å². The van der Waals surface area contributed by atoms with E-state index in [-0.39, 0.29) is 11.6 Å². The standard InChI is InChI=1S/C8H5F3N2O/c9-8(10,11)4-1-2-5-6(3-4)14-7(12)13-5/h1-3H,(H2,12,13). The van der Waals surface area contributed by atoms with Crippen LogP contribution in [0.4, 0.5) is 19.2 Å². The lowest BCUT2D eigenvalue weighted by Crippen LogP contribution is -2.03. The predicted octanol–water partition coefficient (Wildman–Crippen LogP) is 2.43. The van der Waals surface area contributed by atoms with Gasteiger partial charge in [0.25, 0.3) is 6.01 Å². The molecular weight excluding hydrogens is 197 g/mol. The molecule has 1 aromatic heterocycles. The Morgan fingerprint density at radius 1 is 1.29 bits per heavy atom. The van der Waals surface area contributed by atoms with Gasteiger partial charge in [-0.15, -0.1) is 0 Å². The third kappa shape index (κ3) is 1.39. The summed E-state index contributed by atoms with van der Waals surface area (Å²) >= 11 is 0. The number of halogens is 3. The Hall–Kier alpha value is -1.72. The summed E-state index contributed by atoms with van der Waals surface area (Å²) in [6.45, 7) is 0. The van der Waals surface area contributed by atoms with Crippen LogP contribution in [-0.2, 0) is 6.18 Å². The summed E-state index contributed by atoms with van der Waals surface area (Å²) in [7, 11) is 0. The predicted molar refractivity (Wildman–Crippen MR) is 43.4 cm³/mol. The molecule has 0 aliphatic rings. The number of anilines is 1. The van der Waals surface area contributed by atoms with E-state index in [9.17, 15) is 13.2 Å². The summed E-state index contributed by atoms with van der Waals surface area (Å²) in [5, 5.41) is 0. The number of rotatable bonds is 0. The van der Waals surface area contributed by atoms with Crippen LogP contribution in [0.1, 0.15) is 5.56 Å². The number of alkyl halides is 3. The number of hydrogen-bond acceptors (Lipinski definition) is 3. The normalized spacial score (nSPS) is 12.2. The molecule has 0 unspecified atom stereocenters. The monoisotopic (exact) mass is 202 g/mol. The lowest BCUT2D eigenvalue weighted by Gasteiger charge is -2.04. The van der Waals surface area contributed by atoms with Gasteiger partial charge in [0.2, 0.25) is 0 Å². The van der Waals surface area contributed by atoms with E-state index in [1.807, 2.05) is 0 Å². The Kier molecular flexibility index (Phi) is 1.67. The summed E-state index contributed by atoms with van der Waals surface area (Å²) in [4.78, 5) is 3.68. The fourth-order valence-corrected chi connectivity index (χ4v) is 1.12. The Balaban J connectivity index is 2.62. The molecule has 0 radical (unpaired) electrons. The van der Waals surface area contributed by atoms with Gasteiger partial charge in [0.1, 0.15) is 5.52 Å². The van der Waals surface area contributed by atoms with Crippen molar-refractivity contribution in [1.29, 1.82) is 0 Å². The summed E-state index contributed by atoms with van der Waals surface area (Å²) in [6.07, 6.45) is -4.38. The average Bonchev–Trinajstić information content (AvgIpc) is 2.41. The second-order valence-corrected chi connectivity index (χ2v) is 2.73. The van der Waals surface area contributed by atoms with Gasteiger partial charge >= 0.3 is 6.18 Å². The largest absolute Gasteiger partial charge is 0.424 e. The molecule has 6 heteroatoms. The fourth-order valence-electron chi connectivity index (χ4n) is 1.12. The van der Waals surface area contributed by atoms with Gasteiger partial charge in [-0.3, -0.25) is 0 Å². The molecule has 0 bridgehead atoms. The number of nitrogen functional groups attached to an aromatic ring is 1. The maximum atomic E-state index is 12.2. The minimum Gasteiger partial charge on any atom is -0.424 e. The number of benzene rings is 1. The van der Waals surface area contributed by atoms with Crippen molar-refractivity contribution in [2.75, 3.05) is 5.73 Å². The first-order valence-electron chi connectivity index (χ1n) is 3.70. The number of nitrogens with zero attached hydrogens (tertiary/aromatic N) is 1. The van der Waals surface area contributed by atoms with E-state index >= 15 is 0 Å². The van der Waals surface area contributed by atoms with Crippen LogP contribution in [0.15, 0.2) is 22.6 Å². The molecule has 3 nitrogen and oxygen atoms in total. The van der Waals surface area contributed by atoms with Crippen LogP contribution < -0.4 is 5.73 Å². The van der Waals surface area contributed by atoms with E-state index < -0.39 is 11.7 Å². The first-order chi connectivity index (χ1) is 6.47. The zero-order valence-electron chi connectivity index (χ0n) is 6.80. The zero-order chi connectivity index (χ0) is 10.3. The minimum absolute atomic E-state index is 0.0392. The molecule has 74 valence electrons. The van der Waals surface area contributed by atoms with Crippen LogP contribution in [0.3, 0.4) is 0 Å². The topological polar surface area (TPSA) is 52.0 Å². The molecule has 2 N–H and O–H groups in total. The highest BCUT2D eigenvalue weighted by Crippen LogP contribution is 2.31. The SMILES string of the molecule is Nc1nc2ccc(C(F)(F)F)cc2o1. The highest BCUT2D eigenvalue weighted by Gasteiger charge is 2.30. The Labute approximate surface area is 76.3 Å². The summed E-state index contributed by atoms with van der Waals surface area (Å²) in [5.41, 5.74) is 4.77. The van der Waals surface area contributed by atoms with Crippen LogP contribution >= 0.6 is 0 Å². The molecule has 0 amide bonds. The van der Waals surface area contributed by atoms with Crippen molar-refractivity contribution < 1.29 is 17.6 Å². The van der Waals surface area contributed by atoms with Gasteiger partial charge in [-0.1, -0.05) is 0 Å². The van der Waals surface area contributed by atoms with Crippen molar-refractivity contribution in [3.8, 4) is 0 Å². The minimum atomic E-state index is -4.38. The number of fused-ring (bicyclic) bond motifs is 1. The second kappa shape index (κ2) is 2.63. The molecular formula is C8H5F3N2O. The molecule has 14 heavy (non-hydrogen) atoms. The zero-order valence-corrected chi connectivity index (χ0v) is 6.80. The molecule has 0 aliphatic heterocycles. The fraction of sp³-hybridized carbons (Fsp3) is 0.125. The van der Waals surface area contributed by atoms with Crippen molar-refractivity contribution in [2.24, 2.45) is 0 Å². The first-order valence-corrected chi connectivity index (χ1v) is 3.70. The summed E-state index contributed by atoms with van der Waals surface area (Å²) in [5.74, 6) is 0. The van der Waals surface area contributed by atoms with Crippen molar-refractivity contribution in [1.82, 2.24) is 4.98 Å². The number of hydrogen-bond donors (Lipinski definition) is 1. The van der Waals surface area contributed by atoms with Crippen LogP contribution in [0.2, 0.25) is 0 Å². The summed E-state index contributed by atoms with van der Waals surface area (Å²) < 4.78 is 41.5. The molecule has 1 heterocycles. The average molecular weight is 202 g/mol. The molecule has 0 atom stereocenters. The molecule has 0 spiro atoms. The van der Waals surface area contributed by atoms with E-state index in [0.717, 1.165) is 12.1 Å². The van der Waals surface area contributed by atoms with Crippen molar-refractivity contribution in [3.63, 3.8) is 0 Å². The second-order valence-electron chi connectivity index (χ2n) is 2.73. The third-order valence-electron chi connectivity index (χ3n) is 1.73. The highest BCUT2D eigenvalue weighted by atomic mass is 19.4. The molecule has 0 fully saturated rings. The lowest BCUT2D eigenvalue weighted by molar-refractivity contribution is -0.137. The van der Waals surface area contributed by atoms with Crippen molar-refractivity contribution in [3.05, 3.63) is 23.8 Å². The maximum absolute atomic E-state index is 12.2. The number of aromatic nitrogens is 1. The smallest absolute Gasteiger partial charge is 0.416 e.